The summed E-state index contributed by atoms with van der Waals surface area (Å²) in [7, 11) is 0. The van der Waals surface area contributed by atoms with Gasteiger partial charge in [0.1, 0.15) is 5.82 Å². The monoisotopic (exact) mass is 234 g/mol. The first-order chi connectivity index (χ1) is 8.33. The number of hydrogen-bond donors (Lipinski definition) is 1. The van der Waals surface area contributed by atoms with E-state index in [2.05, 4.69) is 27.1 Å². The molecule has 0 spiro atoms. The molecule has 2 rings (SSSR count). The molecule has 1 unspecified atom stereocenters. The van der Waals surface area contributed by atoms with Crippen LogP contribution in [0.3, 0.4) is 0 Å². The van der Waals surface area contributed by atoms with Gasteiger partial charge in [-0.2, -0.15) is 0 Å². The molecule has 0 radical (unpaired) electrons. The van der Waals surface area contributed by atoms with Crippen molar-refractivity contribution < 1.29 is 0 Å². The van der Waals surface area contributed by atoms with Gasteiger partial charge in [0.25, 0.3) is 0 Å². The summed E-state index contributed by atoms with van der Waals surface area (Å²) in [6.45, 7) is 7.54. The molecular formula is C13H22N4. The normalized spacial score (nSPS) is 20.2. The van der Waals surface area contributed by atoms with Crippen LogP contribution in [0.5, 0.6) is 0 Å². The van der Waals surface area contributed by atoms with Gasteiger partial charge in [-0.25, -0.2) is 4.98 Å². The van der Waals surface area contributed by atoms with Crippen molar-refractivity contribution in [3.8, 4) is 0 Å². The van der Waals surface area contributed by atoms with Gasteiger partial charge in [0.05, 0.1) is 5.69 Å². The molecule has 0 bridgehead atoms. The van der Waals surface area contributed by atoms with Crippen molar-refractivity contribution in [2.45, 2.75) is 39.2 Å². The Balaban J connectivity index is 2.18. The molecule has 0 aliphatic carbocycles. The molecule has 94 valence electrons. The van der Waals surface area contributed by atoms with Crippen LogP contribution >= 0.6 is 0 Å². The van der Waals surface area contributed by atoms with Crippen LogP contribution in [0.25, 0.3) is 0 Å². The van der Waals surface area contributed by atoms with Crippen molar-refractivity contribution in [2.24, 2.45) is 0 Å². The molecule has 0 saturated carbocycles. The van der Waals surface area contributed by atoms with Crippen LogP contribution in [0.1, 0.15) is 31.9 Å². The minimum Gasteiger partial charge on any atom is -0.351 e. The molecule has 1 aliphatic heterocycles. The average Bonchev–Trinajstić information content (AvgIpc) is 2.38. The summed E-state index contributed by atoms with van der Waals surface area (Å²) < 4.78 is 0. The first-order valence-electron chi connectivity index (χ1n) is 6.58. The predicted molar refractivity (Wildman–Crippen MR) is 70.3 cm³/mol. The van der Waals surface area contributed by atoms with E-state index < -0.39 is 0 Å². The van der Waals surface area contributed by atoms with Crippen LogP contribution in [-0.2, 0) is 0 Å². The van der Waals surface area contributed by atoms with Gasteiger partial charge in [0, 0.05) is 31.5 Å². The Labute approximate surface area is 103 Å². The molecule has 1 saturated heterocycles. The molecule has 1 N–H and O–H groups in total. The maximum atomic E-state index is 4.51. The Morgan fingerprint density at radius 2 is 2.24 bits per heavy atom. The van der Waals surface area contributed by atoms with E-state index in [-0.39, 0.29) is 0 Å². The Morgan fingerprint density at radius 3 is 2.88 bits per heavy atom. The van der Waals surface area contributed by atoms with Crippen molar-refractivity contribution in [1.29, 1.82) is 0 Å². The topological polar surface area (TPSA) is 41.1 Å². The highest BCUT2D eigenvalue weighted by Crippen LogP contribution is 2.20. The second-order valence-corrected chi connectivity index (χ2v) is 4.66. The zero-order chi connectivity index (χ0) is 12.1. The number of aromatic nitrogens is 2. The van der Waals surface area contributed by atoms with Crippen molar-refractivity contribution in [2.75, 3.05) is 24.5 Å². The lowest BCUT2D eigenvalue weighted by atomic mass is 10.1. The summed E-state index contributed by atoms with van der Waals surface area (Å²) >= 11 is 0. The highest BCUT2D eigenvalue weighted by atomic mass is 15.2. The third kappa shape index (κ3) is 2.94. The maximum absolute atomic E-state index is 4.51. The van der Waals surface area contributed by atoms with Crippen LogP contribution in [0.4, 0.5) is 5.82 Å². The van der Waals surface area contributed by atoms with E-state index in [1.54, 1.807) is 12.4 Å². The Morgan fingerprint density at radius 1 is 1.41 bits per heavy atom. The SMILES string of the molecule is CCCN(c1nccnc1C)C1CCCNC1. The minimum absolute atomic E-state index is 0.569. The number of aryl methyl sites for hydroxylation is 1. The summed E-state index contributed by atoms with van der Waals surface area (Å²) in [5.74, 6) is 1.06. The van der Waals surface area contributed by atoms with Crippen LogP contribution in [-0.4, -0.2) is 35.6 Å². The summed E-state index contributed by atoms with van der Waals surface area (Å²) in [5.41, 5.74) is 1.03. The summed E-state index contributed by atoms with van der Waals surface area (Å²) in [4.78, 5) is 11.3. The third-order valence-electron chi connectivity index (χ3n) is 3.30. The van der Waals surface area contributed by atoms with Gasteiger partial charge < -0.3 is 10.2 Å². The Kier molecular flexibility index (Phi) is 4.31. The van der Waals surface area contributed by atoms with Crippen LogP contribution < -0.4 is 10.2 Å². The van der Waals surface area contributed by atoms with E-state index in [0.29, 0.717) is 6.04 Å². The standard InChI is InChI=1S/C13H22N4/c1-3-9-17(12-5-4-6-14-10-12)13-11(2)15-7-8-16-13/h7-8,12,14H,3-6,9-10H2,1-2H3. The molecule has 1 aliphatic rings. The number of nitrogens with one attached hydrogen (secondary N) is 1. The van der Waals surface area contributed by atoms with Gasteiger partial charge in [0.2, 0.25) is 0 Å². The number of rotatable bonds is 4. The van der Waals surface area contributed by atoms with Gasteiger partial charge in [-0.15, -0.1) is 0 Å². The van der Waals surface area contributed by atoms with Gasteiger partial charge in [-0.05, 0) is 32.7 Å². The van der Waals surface area contributed by atoms with Gasteiger partial charge in [-0.3, -0.25) is 4.98 Å². The third-order valence-corrected chi connectivity index (χ3v) is 3.30. The molecule has 4 heteroatoms. The largest absolute Gasteiger partial charge is 0.351 e. The van der Waals surface area contributed by atoms with E-state index in [1.165, 1.54) is 12.8 Å². The van der Waals surface area contributed by atoms with Crippen molar-refractivity contribution >= 4 is 5.82 Å². The van der Waals surface area contributed by atoms with Gasteiger partial charge in [-0.1, -0.05) is 6.92 Å². The predicted octanol–water partition coefficient (Wildman–Crippen LogP) is 1.75. The minimum atomic E-state index is 0.569. The maximum Gasteiger partial charge on any atom is 0.150 e. The summed E-state index contributed by atoms with van der Waals surface area (Å²) in [6.07, 6.45) is 7.21. The fraction of sp³-hybridized carbons (Fsp3) is 0.692. The number of nitrogens with zero attached hydrogens (tertiary/aromatic N) is 3. The fourth-order valence-corrected chi connectivity index (χ4v) is 2.48. The lowest BCUT2D eigenvalue weighted by molar-refractivity contribution is 0.428. The van der Waals surface area contributed by atoms with E-state index in [0.717, 1.165) is 37.6 Å². The molecule has 2 heterocycles. The first kappa shape index (κ1) is 12.3. The zero-order valence-corrected chi connectivity index (χ0v) is 10.8. The summed E-state index contributed by atoms with van der Waals surface area (Å²) in [6, 6.07) is 0.569. The quantitative estimate of drug-likeness (QED) is 0.862. The Bertz CT molecular complexity index is 347. The molecule has 1 fully saturated rings. The molecule has 4 nitrogen and oxygen atoms in total. The summed E-state index contributed by atoms with van der Waals surface area (Å²) in [5, 5.41) is 3.47. The zero-order valence-electron chi connectivity index (χ0n) is 10.8. The van der Waals surface area contributed by atoms with Gasteiger partial charge in [0.15, 0.2) is 0 Å². The molecule has 1 atom stereocenters. The van der Waals surface area contributed by atoms with E-state index >= 15 is 0 Å². The van der Waals surface area contributed by atoms with E-state index in [4.69, 9.17) is 0 Å². The van der Waals surface area contributed by atoms with Crippen molar-refractivity contribution in [1.82, 2.24) is 15.3 Å². The highest BCUT2D eigenvalue weighted by Gasteiger charge is 2.22. The number of anilines is 1. The molecule has 0 aromatic carbocycles. The smallest absolute Gasteiger partial charge is 0.150 e. The molecule has 17 heavy (non-hydrogen) atoms. The van der Waals surface area contributed by atoms with Crippen LogP contribution in [0, 0.1) is 6.92 Å². The Hall–Kier alpha value is -1.16. The number of piperidine rings is 1. The lowest BCUT2D eigenvalue weighted by Crippen LogP contribution is -2.47. The second kappa shape index (κ2) is 5.96. The lowest BCUT2D eigenvalue weighted by Gasteiger charge is -2.35. The molecule has 0 amide bonds. The second-order valence-electron chi connectivity index (χ2n) is 4.66. The molecule has 1 aromatic rings. The average molecular weight is 234 g/mol. The van der Waals surface area contributed by atoms with Crippen molar-refractivity contribution in [3.05, 3.63) is 18.1 Å². The van der Waals surface area contributed by atoms with Gasteiger partial charge >= 0.3 is 0 Å². The van der Waals surface area contributed by atoms with Crippen molar-refractivity contribution in [3.63, 3.8) is 0 Å². The molecular weight excluding hydrogens is 212 g/mol. The molecule has 1 aromatic heterocycles. The highest BCUT2D eigenvalue weighted by molar-refractivity contribution is 5.43. The fourth-order valence-electron chi connectivity index (χ4n) is 2.48. The number of hydrogen-bond acceptors (Lipinski definition) is 4. The first-order valence-corrected chi connectivity index (χ1v) is 6.58. The van der Waals surface area contributed by atoms with Crippen LogP contribution in [0.15, 0.2) is 12.4 Å². The van der Waals surface area contributed by atoms with E-state index in [1.807, 2.05) is 6.92 Å². The van der Waals surface area contributed by atoms with E-state index in [9.17, 15) is 0 Å². The van der Waals surface area contributed by atoms with Crippen LogP contribution in [0.2, 0.25) is 0 Å².